The molecule has 0 aromatic heterocycles. The van der Waals surface area contributed by atoms with Gasteiger partial charge in [0.25, 0.3) is 5.91 Å². The molecule has 1 amide bonds. The van der Waals surface area contributed by atoms with Crippen molar-refractivity contribution >= 4 is 5.91 Å². The normalized spacial score (nSPS) is 15.4. The van der Waals surface area contributed by atoms with E-state index in [2.05, 4.69) is 10.2 Å². The number of ether oxygens (including phenoxy) is 4. The molecule has 0 bridgehead atoms. The van der Waals surface area contributed by atoms with Crippen molar-refractivity contribution in [2.24, 2.45) is 0 Å². The Labute approximate surface area is 171 Å². The standard InChI is InChI=1S/C22H28N2O5/c1-26-17-6-4-16(5-7-17)20(24-10-12-29-13-11-24)15-23-22(25)19-9-8-18(27-2)14-21(19)28-3/h4-9,14,20H,10-13,15H2,1-3H3,(H,23,25)/t20-/m0/s1. The number of hydrogen-bond acceptors (Lipinski definition) is 6. The molecule has 0 aliphatic carbocycles. The minimum atomic E-state index is -0.184. The molecule has 2 aromatic rings. The lowest BCUT2D eigenvalue weighted by Crippen LogP contribution is -2.43. The van der Waals surface area contributed by atoms with E-state index >= 15 is 0 Å². The van der Waals surface area contributed by atoms with Gasteiger partial charge in [0.2, 0.25) is 0 Å². The van der Waals surface area contributed by atoms with E-state index in [1.807, 2.05) is 24.3 Å². The van der Waals surface area contributed by atoms with Crippen LogP contribution in [0.3, 0.4) is 0 Å². The zero-order valence-corrected chi connectivity index (χ0v) is 17.1. The number of morpholine rings is 1. The number of nitrogens with one attached hydrogen (secondary N) is 1. The minimum absolute atomic E-state index is 0.0398. The number of carbonyl (C=O) groups is 1. The highest BCUT2D eigenvalue weighted by Crippen LogP contribution is 2.26. The molecule has 1 aliphatic rings. The average molecular weight is 400 g/mol. The Hall–Kier alpha value is -2.77. The summed E-state index contributed by atoms with van der Waals surface area (Å²) in [6.07, 6.45) is 0. The summed E-state index contributed by atoms with van der Waals surface area (Å²) in [4.78, 5) is 15.2. The van der Waals surface area contributed by atoms with Crippen molar-refractivity contribution in [2.75, 3.05) is 54.2 Å². The van der Waals surface area contributed by atoms with Gasteiger partial charge < -0.3 is 24.3 Å². The number of amides is 1. The molecule has 1 fully saturated rings. The van der Waals surface area contributed by atoms with Crippen LogP contribution in [0.4, 0.5) is 0 Å². The molecule has 3 rings (SSSR count). The number of methoxy groups -OCH3 is 3. The second-order valence-electron chi connectivity index (χ2n) is 6.71. The Kier molecular flexibility index (Phi) is 7.32. The molecule has 1 N–H and O–H groups in total. The van der Waals surface area contributed by atoms with Gasteiger partial charge in [0.1, 0.15) is 17.2 Å². The Balaban J connectivity index is 1.76. The molecule has 1 saturated heterocycles. The van der Waals surface area contributed by atoms with Crippen LogP contribution in [0.1, 0.15) is 22.0 Å². The Morgan fingerprint density at radius 1 is 1.00 bits per heavy atom. The molecule has 156 valence electrons. The molecule has 1 heterocycles. The largest absolute Gasteiger partial charge is 0.497 e. The van der Waals surface area contributed by atoms with Crippen molar-refractivity contribution in [3.8, 4) is 17.2 Å². The fourth-order valence-electron chi connectivity index (χ4n) is 3.44. The predicted octanol–water partition coefficient (Wildman–Crippen LogP) is 2.52. The second kappa shape index (κ2) is 10.1. The Bertz CT molecular complexity index is 803. The third-order valence-electron chi connectivity index (χ3n) is 5.10. The van der Waals surface area contributed by atoms with Crippen LogP contribution in [0.2, 0.25) is 0 Å². The van der Waals surface area contributed by atoms with Crippen LogP contribution in [0.5, 0.6) is 17.2 Å². The molecule has 1 aliphatic heterocycles. The summed E-state index contributed by atoms with van der Waals surface area (Å²) < 4.78 is 21.3. The Morgan fingerprint density at radius 2 is 1.66 bits per heavy atom. The number of nitrogens with zero attached hydrogens (tertiary/aromatic N) is 1. The number of rotatable bonds is 8. The third-order valence-corrected chi connectivity index (χ3v) is 5.10. The lowest BCUT2D eigenvalue weighted by atomic mass is 10.0. The first kappa shape index (κ1) is 21.0. The van der Waals surface area contributed by atoms with Gasteiger partial charge in [0.05, 0.1) is 46.1 Å². The van der Waals surface area contributed by atoms with Crippen LogP contribution in [0.15, 0.2) is 42.5 Å². The molecule has 7 heteroatoms. The third kappa shape index (κ3) is 5.19. The predicted molar refractivity (Wildman–Crippen MR) is 110 cm³/mol. The van der Waals surface area contributed by atoms with E-state index < -0.39 is 0 Å². The average Bonchev–Trinajstić information content (AvgIpc) is 2.79. The van der Waals surface area contributed by atoms with Crippen LogP contribution in [0.25, 0.3) is 0 Å². The zero-order chi connectivity index (χ0) is 20.6. The van der Waals surface area contributed by atoms with Crippen molar-refractivity contribution < 1.29 is 23.7 Å². The molecule has 0 saturated carbocycles. The van der Waals surface area contributed by atoms with Gasteiger partial charge >= 0.3 is 0 Å². The fourth-order valence-corrected chi connectivity index (χ4v) is 3.44. The molecule has 0 spiro atoms. The van der Waals surface area contributed by atoms with E-state index in [0.717, 1.165) is 24.4 Å². The monoisotopic (exact) mass is 400 g/mol. The maximum atomic E-state index is 12.8. The lowest BCUT2D eigenvalue weighted by molar-refractivity contribution is 0.0162. The van der Waals surface area contributed by atoms with Crippen molar-refractivity contribution in [2.45, 2.75) is 6.04 Å². The van der Waals surface area contributed by atoms with Crippen molar-refractivity contribution in [1.29, 1.82) is 0 Å². The maximum Gasteiger partial charge on any atom is 0.255 e. The maximum absolute atomic E-state index is 12.8. The van der Waals surface area contributed by atoms with Crippen molar-refractivity contribution in [1.82, 2.24) is 10.2 Å². The minimum Gasteiger partial charge on any atom is -0.497 e. The molecule has 2 aromatic carbocycles. The van der Waals surface area contributed by atoms with Gasteiger partial charge in [-0.2, -0.15) is 0 Å². The van der Waals surface area contributed by atoms with Crippen molar-refractivity contribution in [3.63, 3.8) is 0 Å². The van der Waals surface area contributed by atoms with Crippen LogP contribution < -0.4 is 19.5 Å². The topological polar surface area (TPSA) is 69.3 Å². The molecule has 7 nitrogen and oxygen atoms in total. The highest BCUT2D eigenvalue weighted by atomic mass is 16.5. The van der Waals surface area contributed by atoms with Gasteiger partial charge in [0.15, 0.2) is 0 Å². The number of hydrogen-bond donors (Lipinski definition) is 1. The highest BCUT2D eigenvalue weighted by molar-refractivity contribution is 5.97. The molecule has 0 unspecified atom stereocenters. The Morgan fingerprint density at radius 3 is 2.28 bits per heavy atom. The summed E-state index contributed by atoms with van der Waals surface area (Å²) >= 11 is 0. The first-order valence-corrected chi connectivity index (χ1v) is 9.62. The van der Waals surface area contributed by atoms with E-state index in [9.17, 15) is 4.79 Å². The highest BCUT2D eigenvalue weighted by Gasteiger charge is 2.24. The van der Waals surface area contributed by atoms with Gasteiger partial charge in [-0.05, 0) is 29.8 Å². The first-order chi connectivity index (χ1) is 14.2. The summed E-state index contributed by atoms with van der Waals surface area (Å²) in [5.74, 6) is 1.75. The smallest absolute Gasteiger partial charge is 0.255 e. The van der Waals surface area contributed by atoms with Crippen LogP contribution in [-0.4, -0.2) is 65.0 Å². The van der Waals surface area contributed by atoms with Crippen LogP contribution in [0, 0.1) is 0 Å². The lowest BCUT2D eigenvalue weighted by Gasteiger charge is -2.35. The molecule has 0 radical (unpaired) electrons. The van der Waals surface area contributed by atoms with E-state index in [1.165, 1.54) is 0 Å². The van der Waals surface area contributed by atoms with Gasteiger partial charge in [-0.3, -0.25) is 9.69 Å². The van der Waals surface area contributed by atoms with Gasteiger partial charge in [0, 0.05) is 25.7 Å². The summed E-state index contributed by atoms with van der Waals surface area (Å²) in [5.41, 5.74) is 1.60. The van der Waals surface area contributed by atoms with Crippen LogP contribution in [-0.2, 0) is 4.74 Å². The summed E-state index contributed by atoms with van der Waals surface area (Å²) in [6, 6.07) is 13.2. The van der Waals surface area contributed by atoms with E-state index in [0.29, 0.717) is 36.8 Å². The number of benzene rings is 2. The van der Waals surface area contributed by atoms with Gasteiger partial charge in [-0.25, -0.2) is 0 Å². The quantitative estimate of drug-likeness (QED) is 0.734. The van der Waals surface area contributed by atoms with Gasteiger partial charge in [-0.15, -0.1) is 0 Å². The second-order valence-corrected chi connectivity index (χ2v) is 6.71. The van der Waals surface area contributed by atoms with E-state index in [4.69, 9.17) is 18.9 Å². The SMILES string of the molecule is COc1ccc([C@H](CNC(=O)c2ccc(OC)cc2OC)N2CCOCC2)cc1. The summed E-state index contributed by atoms with van der Waals surface area (Å²) in [5, 5.41) is 3.06. The molecular formula is C22H28N2O5. The van der Waals surface area contributed by atoms with E-state index in [1.54, 1.807) is 39.5 Å². The van der Waals surface area contributed by atoms with Crippen molar-refractivity contribution in [3.05, 3.63) is 53.6 Å². The molecule has 29 heavy (non-hydrogen) atoms. The molecule has 1 atom stereocenters. The fraction of sp³-hybridized carbons (Fsp3) is 0.409. The number of carbonyl (C=O) groups excluding carboxylic acids is 1. The van der Waals surface area contributed by atoms with Crippen LogP contribution >= 0.6 is 0 Å². The molecular weight excluding hydrogens is 372 g/mol. The zero-order valence-electron chi connectivity index (χ0n) is 17.1. The van der Waals surface area contributed by atoms with E-state index in [-0.39, 0.29) is 11.9 Å². The van der Waals surface area contributed by atoms with Gasteiger partial charge in [-0.1, -0.05) is 12.1 Å². The first-order valence-electron chi connectivity index (χ1n) is 9.62. The summed E-state index contributed by atoms with van der Waals surface area (Å²) in [6.45, 7) is 3.48. The summed E-state index contributed by atoms with van der Waals surface area (Å²) in [7, 11) is 4.77.